The summed E-state index contributed by atoms with van der Waals surface area (Å²) in [4.78, 5) is 8.35. The average Bonchev–Trinajstić information content (AvgIpc) is 2.37. The minimum Gasteiger partial charge on any atom is -0.477 e. The molecule has 5 heteroatoms. The first-order valence-corrected chi connectivity index (χ1v) is 6.53. The van der Waals surface area contributed by atoms with Gasteiger partial charge in [-0.25, -0.2) is 4.98 Å². The molecule has 0 unspecified atom stereocenters. The van der Waals surface area contributed by atoms with E-state index in [-0.39, 0.29) is 0 Å². The largest absolute Gasteiger partial charge is 0.477 e. The molecular weight excluding hydrogens is 230 g/mol. The molecule has 0 radical (unpaired) electrons. The van der Waals surface area contributed by atoms with Gasteiger partial charge in [-0.2, -0.15) is 4.98 Å². The first-order valence-electron chi connectivity index (χ1n) is 6.53. The predicted molar refractivity (Wildman–Crippen MR) is 69.2 cm³/mol. The van der Waals surface area contributed by atoms with Crippen LogP contribution in [0.15, 0.2) is 6.07 Å². The van der Waals surface area contributed by atoms with Crippen LogP contribution in [0.5, 0.6) is 5.88 Å². The number of methoxy groups -OCH3 is 1. The Morgan fingerprint density at radius 1 is 1.28 bits per heavy atom. The molecule has 0 aromatic carbocycles. The molecule has 1 aromatic heterocycles. The highest BCUT2D eigenvalue weighted by Crippen LogP contribution is 2.24. The van der Waals surface area contributed by atoms with E-state index in [2.05, 4.69) is 9.97 Å². The Hall–Kier alpha value is -1.36. The Balaban J connectivity index is 1.91. The summed E-state index contributed by atoms with van der Waals surface area (Å²) < 4.78 is 10.7. The number of anilines is 1. The molecular formula is C13H21N3O2. The lowest BCUT2D eigenvalue weighted by Gasteiger charge is -2.21. The summed E-state index contributed by atoms with van der Waals surface area (Å²) in [7, 11) is 1.61. The molecule has 1 fully saturated rings. The zero-order valence-corrected chi connectivity index (χ0v) is 10.9. The van der Waals surface area contributed by atoms with Gasteiger partial charge in [0.15, 0.2) is 5.82 Å². The summed E-state index contributed by atoms with van der Waals surface area (Å²) in [6.45, 7) is 1.08. The molecule has 1 aromatic rings. The summed E-state index contributed by atoms with van der Waals surface area (Å²) in [6, 6.07) is 1.67. The third-order valence-electron chi connectivity index (χ3n) is 3.23. The van der Waals surface area contributed by atoms with Crippen LogP contribution >= 0.6 is 0 Å². The Morgan fingerprint density at radius 2 is 2.06 bits per heavy atom. The van der Waals surface area contributed by atoms with Crippen molar-refractivity contribution in [3.63, 3.8) is 0 Å². The topological polar surface area (TPSA) is 70.3 Å². The van der Waals surface area contributed by atoms with Gasteiger partial charge >= 0.3 is 0 Å². The van der Waals surface area contributed by atoms with Crippen molar-refractivity contribution in [2.75, 3.05) is 19.5 Å². The minimum absolute atomic E-state index is 0.352. The molecule has 5 nitrogen and oxygen atoms in total. The predicted octanol–water partition coefficient (Wildman–Crippen LogP) is 2.16. The van der Waals surface area contributed by atoms with Crippen LogP contribution in [0.4, 0.5) is 5.82 Å². The lowest BCUT2D eigenvalue weighted by Crippen LogP contribution is -2.16. The average molecular weight is 251 g/mol. The van der Waals surface area contributed by atoms with Gasteiger partial charge in [0, 0.05) is 13.2 Å². The van der Waals surface area contributed by atoms with Crippen LogP contribution in [0.2, 0.25) is 0 Å². The maximum atomic E-state index is 5.73. The number of rotatable bonds is 5. The van der Waals surface area contributed by atoms with Crippen LogP contribution in [0.3, 0.4) is 0 Å². The minimum atomic E-state index is 0.352. The third kappa shape index (κ3) is 3.84. The highest BCUT2D eigenvalue weighted by Gasteiger charge is 2.14. The van der Waals surface area contributed by atoms with Crippen molar-refractivity contribution < 1.29 is 9.47 Å². The van der Waals surface area contributed by atoms with E-state index in [1.165, 1.54) is 32.1 Å². The third-order valence-corrected chi connectivity index (χ3v) is 3.23. The molecule has 0 spiro atoms. The number of aromatic nitrogens is 2. The second-order valence-electron chi connectivity index (χ2n) is 4.80. The number of hydrogen-bond donors (Lipinski definition) is 1. The van der Waals surface area contributed by atoms with Gasteiger partial charge in [-0.3, -0.25) is 0 Å². The fraction of sp³-hybridized carbons (Fsp3) is 0.692. The summed E-state index contributed by atoms with van der Waals surface area (Å²) in [5.41, 5.74) is 5.71. The van der Waals surface area contributed by atoms with Crippen LogP contribution < -0.4 is 10.5 Å². The highest BCUT2D eigenvalue weighted by atomic mass is 16.5. The Bertz CT molecular complexity index is 378. The second kappa shape index (κ2) is 6.54. The lowest BCUT2D eigenvalue weighted by atomic mass is 9.90. The van der Waals surface area contributed by atoms with Crippen molar-refractivity contribution >= 4 is 5.82 Å². The van der Waals surface area contributed by atoms with E-state index in [4.69, 9.17) is 15.2 Å². The first-order chi connectivity index (χ1) is 8.78. The second-order valence-corrected chi connectivity index (χ2v) is 4.80. The van der Waals surface area contributed by atoms with Gasteiger partial charge in [0.25, 0.3) is 0 Å². The summed E-state index contributed by atoms with van der Waals surface area (Å²) in [5.74, 6) is 2.20. The molecule has 18 heavy (non-hydrogen) atoms. The zero-order valence-electron chi connectivity index (χ0n) is 10.9. The Morgan fingerprint density at radius 3 is 2.78 bits per heavy atom. The molecule has 1 aliphatic carbocycles. The molecule has 100 valence electrons. The van der Waals surface area contributed by atoms with E-state index >= 15 is 0 Å². The lowest BCUT2D eigenvalue weighted by molar-refractivity contribution is 0.173. The molecule has 0 atom stereocenters. The zero-order chi connectivity index (χ0) is 12.8. The Kier molecular flexibility index (Phi) is 4.75. The standard InChI is InChI=1S/C13H21N3O2/c1-17-9-12-15-11(14)7-13(16-12)18-8-10-5-3-2-4-6-10/h7,10H,2-6,8-9H2,1H3,(H2,14,15,16). The van der Waals surface area contributed by atoms with E-state index < -0.39 is 0 Å². The SMILES string of the molecule is COCc1nc(N)cc(OCC2CCCCC2)n1. The van der Waals surface area contributed by atoms with Crippen molar-refractivity contribution in [1.82, 2.24) is 9.97 Å². The fourth-order valence-corrected chi connectivity index (χ4v) is 2.32. The van der Waals surface area contributed by atoms with Gasteiger partial charge in [0.2, 0.25) is 5.88 Å². The number of ether oxygens (including phenoxy) is 2. The van der Waals surface area contributed by atoms with Gasteiger partial charge < -0.3 is 15.2 Å². The van der Waals surface area contributed by atoms with E-state index in [1.54, 1.807) is 13.2 Å². The van der Waals surface area contributed by atoms with Crippen LogP contribution in [-0.2, 0) is 11.3 Å². The van der Waals surface area contributed by atoms with E-state index in [0.29, 0.717) is 30.0 Å². The quantitative estimate of drug-likeness (QED) is 0.868. The number of nitrogens with zero attached hydrogens (tertiary/aromatic N) is 2. The molecule has 1 aliphatic rings. The van der Waals surface area contributed by atoms with Crippen molar-refractivity contribution in [3.05, 3.63) is 11.9 Å². The molecule has 2 N–H and O–H groups in total. The molecule has 0 bridgehead atoms. The van der Waals surface area contributed by atoms with E-state index in [1.807, 2.05) is 0 Å². The normalized spacial score (nSPS) is 16.7. The number of hydrogen-bond acceptors (Lipinski definition) is 5. The van der Waals surface area contributed by atoms with Crippen LogP contribution in [0.25, 0.3) is 0 Å². The molecule has 1 saturated carbocycles. The smallest absolute Gasteiger partial charge is 0.218 e. The monoisotopic (exact) mass is 251 g/mol. The van der Waals surface area contributed by atoms with Crippen molar-refractivity contribution in [3.8, 4) is 5.88 Å². The van der Waals surface area contributed by atoms with Crippen LogP contribution in [-0.4, -0.2) is 23.7 Å². The van der Waals surface area contributed by atoms with Gasteiger partial charge in [0.1, 0.15) is 12.4 Å². The molecule has 2 rings (SSSR count). The van der Waals surface area contributed by atoms with E-state index in [9.17, 15) is 0 Å². The summed E-state index contributed by atoms with van der Waals surface area (Å²) >= 11 is 0. The maximum absolute atomic E-state index is 5.73. The molecule has 0 aliphatic heterocycles. The highest BCUT2D eigenvalue weighted by molar-refractivity contribution is 5.32. The van der Waals surface area contributed by atoms with Crippen LogP contribution in [0.1, 0.15) is 37.9 Å². The van der Waals surface area contributed by atoms with Gasteiger partial charge in [-0.1, -0.05) is 19.3 Å². The van der Waals surface area contributed by atoms with Crippen molar-refractivity contribution in [2.45, 2.75) is 38.7 Å². The first kappa shape index (κ1) is 13.1. The van der Waals surface area contributed by atoms with Gasteiger partial charge in [0.05, 0.1) is 6.61 Å². The number of nitrogens with two attached hydrogens (primary N) is 1. The van der Waals surface area contributed by atoms with Crippen LogP contribution in [0, 0.1) is 5.92 Å². The molecule has 1 heterocycles. The summed E-state index contributed by atoms with van der Waals surface area (Å²) in [5, 5.41) is 0. The Labute approximate surface area is 108 Å². The fourth-order valence-electron chi connectivity index (χ4n) is 2.32. The van der Waals surface area contributed by atoms with Crippen molar-refractivity contribution in [2.24, 2.45) is 5.92 Å². The molecule has 0 saturated heterocycles. The molecule has 0 amide bonds. The van der Waals surface area contributed by atoms with Gasteiger partial charge in [-0.05, 0) is 18.8 Å². The number of nitrogen functional groups attached to an aromatic ring is 1. The summed E-state index contributed by atoms with van der Waals surface area (Å²) in [6.07, 6.45) is 6.50. The van der Waals surface area contributed by atoms with Gasteiger partial charge in [-0.15, -0.1) is 0 Å². The van der Waals surface area contributed by atoms with E-state index in [0.717, 1.165) is 6.61 Å². The maximum Gasteiger partial charge on any atom is 0.218 e. The van der Waals surface area contributed by atoms with Crippen molar-refractivity contribution in [1.29, 1.82) is 0 Å².